The van der Waals surface area contributed by atoms with Crippen LogP contribution < -0.4 is 4.90 Å². The van der Waals surface area contributed by atoms with Gasteiger partial charge in [-0.3, -0.25) is 4.90 Å². The van der Waals surface area contributed by atoms with E-state index in [2.05, 4.69) is 4.37 Å². The van der Waals surface area contributed by atoms with E-state index in [4.69, 9.17) is 5.26 Å². The Morgan fingerprint density at radius 1 is 1.33 bits per heavy atom. The Morgan fingerprint density at radius 2 is 2.04 bits per heavy atom. The van der Waals surface area contributed by atoms with Crippen molar-refractivity contribution >= 4 is 27.3 Å². The lowest BCUT2D eigenvalue weighted by Gasteiger charge is -2.43. The van der Waals surface area contributed by atoms with Gasteiger partial charge in [0.1, 0.15) is 11.8 Å². The first kappa shape index (κ1) is 16.5. The number of aliphatic hydroxyl groups excluding tert-OH is 2. The highest BCUT2D eigenvalue weighted by Gasteiger charge is 2.44. The van der Waals surface area contributed by atoms with Gasteiger partial charge in [0.15, 0.2) is 11.9 Å². The molecule has 2 N–H and O–H groups in total. The number of nitriles is 1. The van der Waals surface area contributed by atoms with Crippen LogP contribution in [-0.2, 0) is 0 Å². The normalized spacial score (nSPS) is 21.8. The lowest BCUT2D eigenvalue weighted by molar-refractivity contribution is -0.133. The van der Waals surface area contributed by atoms with Gasteiger partial charge < -0.3 is 15.1 Å². The van der Waals surface area contributed by atoms with Gasteiger partial charge in [-0.2, -0.15) is 22.8 Å². The Bertz CT molecular complexity index is 858. The quantitative estimate of drug-likeness (QED) is 0.813. The van der Waals surface area contributed by atoms with E-state index in [0.717, 1.165) is 28.2 Å². The highest BCUT2D eigenvalue weighted by Crippen LogP contribution is 2.36. The van der Waals surface area contributed by atoms with Crippen LogP contribution >= 0.6 is 11.5 Å². The molecule has 0 saturated heterocycles. The molecule has 0 aliphatic carbocycles. The Kier molecular flexibility index (Phi) is 3.87. The number of hydrogen-bond acceptors (Lipinski definition) is 7. The van der Waals surface area contributed by atoms with Crippen molar-refractivity contribution in [2.45, 2.75) is 18.8 Å². The highest BCUT2D eigenvalue weighted by atomic mass is 32.1. The lowest BCUT2D eigenvalue weighted by Crippen LogP contribution is -2.56. The molecule has 2 aromatic rings. The molecule has 1 aliphatic rings. The smallest absolute Gasteiger partial charge is 0.370 e. The Balaban J connectivity index is 2.06. The first-order chi connectivity index (χ1) is 11.2. The molecular formula is C14H11F3N4O2S. The number of allylic oxidation sites excluding steroid dienone is 1. The number of anilines is 1. The number of benzene rings is 1. The summed E-state index contributed by atoms with van der Waals surface area (Å²) in [5.74, 6) is 0. The van der Waals surface area contributed by atoms with Crippen LogP contribution in [0.4, 0.5) is 18.9 Å². The molecule has 2 heterocycles. The maximum absolute atomic E-state index is 12.9. The number of aromatic nitrogens is 1. The van der Waals surface area contributed by atoms with Crippen molar-refractivity contribution < 1.29 is 23.4 Å². The first-order valence-electron chi connectivity index (χ1n) is 6.70. The monoisotopic (exact) mass is 356 g/mol. The van der Waals surface area contributed by atoms with Crippen molar-refractivity contribution in [2.75, 3.05) is 11.9 Å². The molecule has 1 aromatic heterocycles. The van der Waals surface area contributed by atoms with Gasteiger partial charge >= 0.3 is 6.18 Å². The SMILES string of the molecule is CN1C(C(F)(F)F)=CC(O)N(c2ccc3snc(C#N)c3c2)C1O. The lowest BCUT2D eigenvalue weighted by atomic mass is 10.1. The summed E-state index contributed by atoms with van der Waals surface area (Å²) in [6.45, 7) is 0. The van der Waals surface area contributed by atoms with Crippen LogP contribution in [0.5, 0.6) is 0 Å². The molecule has 1 aliphatic heterocycles. The van der Waals surface area contributed by atoms with Crippen molar-refractivity contribution in [3.05, 3.63) is 35.7 Å². The summed E-state index contributed by atoms with van der Waals surface area (Å²) in [7, 11) is 1.08. The van der Waals surface area contributed by atoms with Gasteiger partial charge in [-0.15, -0.1) is 0 Å². The zero-order valence-corrected chi connectivity index (χ0v) is 13.0. The van der Waals surface area contributed by atoms with E-state index >= 15 is 0 Å². The van der Waals surface area contributed by atoms with Gasteiger partial charge in [0, 0.05) is 18.1 Å². The predicted octanol–water partition coefficient (Wildman–Crippen LogP) is 1.96. The minimum Gasteiger partial charge on any atom is -0.370 e. The zero-order chi connectivity index (χ0) is 17.6. The second-order valence-electron chi connectivity index (χ2n) is 5.15. The van der Waals surface area contributed by atoms with E-state index < -0.39 is 24.5 Å². The summed E-state index contributed by atoms with van der Waals surface area (Å²) < 4.78 is 43.5. The van der Waals surface area contributed by atoms with Gasteiger partial charge in [-0.1, -0.05) is 0 Å². The Morgan fingerprint density at radius 3 is 2.67 bits per heavy atom. The number of rotatable bonds is 1. The third kappa shape index (κ3) is 2.56. The van der Waals surface area contributed by atoms with Crippen molar-refractivity contribution in [1.82, 2.24) is 9.27 Å². The van der Waals surface area contributed by atoms with E-state index in [1.807, 2.05) is 6.07 Å². The van der Waals surface area contributed by atoms with Crippen molar-refractivity contribution in [3.63, 3.8) is 0 Å². The number of alkyl halides is 3. The first-order valence-corrected chi connectivity index (χ1v) is 7.47. The predicted molar refractivity (Wildman–Crippen MR) is 80.7 cm³/mol. The average Bonchev–Trinajstić information content (AvgIpc) is 2.92. The topological polar surface area (TPSA) is 83.6 Å². The summed E-state index contributed by atoms with van der Waals surface area (Å²) in [4.78, 5) is 1.63. The van der Waals surface area contributed by atoms with Crippen LogP contribution in [0, 0.1) is 11.3 Å². The Hall–Kier alpha value is -2.35. The summed E-state index contributed by atoms with van der Waals surface area (Å²) in [5.41, 5.74) is -0.684. The summed E-state index contributed by atoms with van der Waals surface area (Å²) >= 11 is 1.11. The maximum atomic E-state index is 12.9. The summed E-state index contributed by atoms with van der Waals surface area (Å²) in [5, 5.41) is 29.8. The van der Waals surface area contributed by atoms with Crippen molar-refractivity contribution in [3.8, 4) is 6.07 Å². The van der Waals surface area contributed by atoms with Gasteiger partial charge in [-0.25, -0.2) is 0 Å². The molecule has 10 heteroatoms. The molecular weight excluding hydrogens is 345 g/mol. The highest BCUT2D eigenvalue weighted by molar-refractivity contribution is 7.13. The molecule has 3 rings (SSSR count). The average molecular weight is 356 g/mol. The van der Waals surface area contributed by atoms with Crippen LogP contribution in [0.2, 0.25) is 0 Å². The van der Waals surface area contributed by atoms with Gasteiger partial charge in [0.05, 0.1) is 4.70 Å². The fraction of sp³-hybridized carbons (Fsp3) is 0.286. The molecule has 0 radical (unpaired) electrons. The van der Waals surface area contributed by atoms with Gasteiger partial charge in [0.2, 0.25) is 6.35 Å². The van der Waals surface area contributed by atoms with Crippen LogP contribution in [0.15, 0.2) is 30.0 Å². The van der Waals surface area contributed by atoms with Crippen LogP contribution in [0.1, 0.15) is 5.69 Å². The second kappa shape index (κ2) is 5.62. The molecule has 0 fully saturated rings. The summed E-state index contributed by atoms with van der Waals surface area (Å²) in [6.07, 6.45) is -7.48. The fourth-order valence-electron chi connectivity index (χ4n) is 2.54. The van der Waals surface area contributed by atoms with Crippen molar-refractivity contribution in [2.24, 2.45) is 0 Å². The number of hydrogen-bond donors (Lipinski definition) is 2. The minimum absolute atomic E-state index is 0.178. The number of halogens is 3. The molecule has 126 valence electrons. The Labute approximate surface area is 138 Å². The molecule has 1 aromatic carbocycles. The zero-order valence-electron chi connectivity index (χ0n) is 12.2. The van der Waals surface area contributed by atoms with Crippen molar-refractivity contribution in [1.29, 1.82) is 5.26 Å². The molecule has 0 spiro atoms. The number of nitrogens with zero attached hydrogens (tertiary/aromatic N) is 4. The number of fused-ring (bicyclic) bond motifs is 1. The molecule has 6 nitrogen and oxygen atoms in total. The van der Waals surface area contributed by atoms with E-state index in [9.17, 15) is 23.4 Å². The number of aliphatic hydroxyl groups is 2. The fourth-order valence-corrected chi connectivity index (χ4v) is 3.25. The van der Waals surface area contributed by atoms with E-state index in [1.54, 1.807) is 6.07 Å². The minimum atomic E-state index is -4.70. The van der Waals surface area contributed by atoms with E-state index in [-0.39, 0.29) is 11.4 Å². The molecule has 0 bridgehead atoms. The molecule has 0 saturated carbocycles. The van der Waals surface area contributed by atoms with Gasteiger partial charge in [-0.05, 0) is 35.8 Å². The van der Waals surface area contributed by atoms with Crippen LogP contribution in [0.3, 0.4) is 0 Å². The maximum Gasteiger partial charge on any atom is 0.431 e. The standard InChI is InChI=1S/C14H11F3N4O2S/c1-20-11(14(15,16)17)5-12(22)21(13(20)23)7-2-3-10-8(4-7)9(6-18)19-24-10/h2-5,12-13,22-23H,1H3. The summed E-state index contributed by atoms with van der Waals surface area (Å²) in [6, 6.07) is 6.59. The van der Waals surface area contributed by atoms with E-state index in [0.29, 0.717) is 16.4 Å². The van der Waals surface area contributed by atoms with Crippen LogP contribution in [0.25, 0.3) is 10.1 Å². The van der Waals surface area contributed by atoms with Gasteiger partial charge in [0.25, 0.3) is 0 Å². The largest absolute Gasteiger partial charge is 0.431 e. The third-order valence-electron chi connectivity index (χ3n) is 3.72. The molecule has 2 unspecified atom stereocenters. The second-order valence-corrected chi connectivity index (χ2v) is 5.96. The third-order valence-corrected chi connectivity index (χ3v) is 4.54. The molecule has 24 heavy (non-hydrogen) atoms. The molecule has 0 amide bonds. The van der Waals surface area contributed by atoms with Crippen LogP contribution in [-0.4, -0.2) is 45.3 Å². The molecule has 2 atom stereocenters. The van der Waals surface area contributed by atoms with E-state index in [1.165, 1.54) is 12.1 Å².